The number of aromatic nitrogens is 6. The van der Waals surface area contributed by atoms with Gasteiger partial charge in [-0.3, -0.25) is 0 Å². The second-order valence-corrected chi connectivity index (χ2v) is 26.0. The number of hydrogen-bond donors (Lipinski definition) is 0. The molecule has 20 rings (SSSR count). The topological polar surface area (TPSA) is 77.3 Å². The van der Waals surface area contributed by atoms with Crippen LogP contribution in [0.3, 0.4) is 0 Å². The van der Waals surface area contributed by atoms with E-state index in [1.165, 1.54) is 103 Å². The van der Waals surface area contributed by atoms with Crippen LogP contribution in [-0.4, -0.2) is 29.9 Å². The average Bonchev–Trinajstić information content (AvgIpc) is 0.741. The number of fused-ring (bicyclic) bond motifs is 15. The van der Waals surface area contributed by atoms with Gasteiger partial charge in [0.1, 0.15) is 0 Å². The van der Waals surface area contributed by atoms with Crippen LogP contribution in [0.25, 0.3) is 199 Å². The van der Waals surface area contributed by atoms with Gasteiger partial charge < -0.3 is 0 Å². The zero-order valence-corrected chi connectivity index (χ0v) is 55.3. The fraction of sp³-hybridized carbons (Fsp3) is 0. The van der Waals surface area contributed by atoms with Gasteiger partial charge in [-0.1, -0.05) is 346 Å². The Morgan fingerprint density at radius 1 is 0.127 bits per heavy atom. The zero-order chi connectivity index (χ0) is 67.5. The second kappa shape index (κ2) is 25.3. The molecule has 0 N–H and O–H groups in total. The van der Waals surface area contributed by atoms with Crippen molar-refractivity contribution in [2.24, 2.45) is 0 Å². The Morgan fingerprint density at radius 2 is 0.431 bits per heavy atom. The van der Waals surface area contributed by atoms with Crippen LogP contribution in [0.2, 0.25) is 0 Å². The molecule has 0 saturated carbocycles. The van der Waals surface area contributed by atoms with Crippen LogP contribution in [0.15, 0.2) is 364 Å². The van der Waals surface area contributed by atoms with E-state index in [0.29, 0.717) is 34.9 Å². The van der Waals surface area contributed by atoms with E-state index in [-0.39, 0.29) is 0 Å². The summed E-state index contributed by atoms with van der Waals surface area (Å²) in [6.45, 7) is 0. The third-order valence-corrected chi connectivity index (χ3v) is 20.0. The third kappa shape index (κ3) is 10.8. The van der Waals surface area contributed by atoms with Crippen molar-refractivity contribution >= 4 is 97.0 Å². The summed E-state index contributed by atoms with van der Waals surface area (Å²) < 4.78 is 0. The minimum atomic E-state index is 0.644. The first-order chi connectivity index (χ1) is 50.5. The van der Waals surface area contributed by atoms with Crippen molar-refractivity contribution in [3.63, 3.8) is 0 Å². The number of rotatable bonds is 9. The highest BCUT2D eigenvalue weighted by Crippen LogP contribution is 2.44. The summed E-state index contributed by atoms with van der Waals surface area (Å²) in [7, 11) is 0. The molecule has 0 atom stereocenters. The van der Waals surface area contributed by atoms with Gasteiger partial charge in [0.2, 0.25) is 0 Å². The Hall–Kier alpha value is -13.7. The highest BCUT2D eigenvalue weighted by atomic mass is 15.0. The van der Waals surface area contributed by atoms with E-state index in [4.69, 9.17) is 29.9 Å². The second-order valence-electron chi connectivity index (χ2n) is 26.0. The summed E-state index contributed by atoms with van der Waals surface area (Å²) >= 11 is 0. The number of benzene rings is 18. The van der Waals surface area contributed by atoms with Crippen molar-refractivity contribution in [2.75, 3.05) is 0 Å². The van der Waals surface area contributed by atoms with Gasteiger partial charge in [0.25, 0.3) is 0 Å². The first-order valence-corrected chi connectivity index (χ1v) is 34.6. The van der Waals surface area contributed by atoms with E-state index >= 15 is 0 Å². The zero-order valence-electron chi connectivity index (χ0n) is 55.3. The summed E-state index contributed by atoms with van der Waals surface area (Å²) in [6, 6.07) is 129. The van der Waals surface area contributed by atoms with E-state index in [0.717, 1.165) is 60.8 Å². The molecule has 0 unspecified atom stereocenters. The quantitative estimate of drug-likeness (QED) is 0.134. The maximum absolute atomic E-state index is 5.06. The van der Waals surface area contributed by atoms with Crippen molar-refractivity contribution in [3.05, 3.63) is 364 Å². The smallest absolute Gasteiger partial charge is 0.164 e. The molecule has 0 aliphatic rings. The Labute approximate surface area is 588 Å². The van der Waals surface area contributed by atoms with Crippen molar-refractivity contribution in [1.29, 1.82) is 0 Å². The molecule has 0 bridgehead atoms. The average molecular weight is 1300 g/mol. The SMILES string of the molecule is c1ccc(-c2cccc(-c3nc(-c4ccccc4)nc(-c4ccc(-c5ccc6c(ccc7c6ccc6ccc8ccccc8c67)c5)cc4)n3)c2)cc1.c1ccc(-c2nc(-c3ccccc3)nc(-c3ccc(-c4cccc5c4ccc4ccc6c7ccccc7ccc6c45)c4ccccc34)n2)cc1. The standard InChI is InChI=1S/C49H31N3.C47H29N3/c1-3-10-32(11-4-1)38-15-9-16-41(31-38)49-51-47(36-13-5-2-6-14-36)50-48(52-49)37-22-18-33(19-23-37)39-25-27-42-40(30-39)26-29-45-44(42)28-24-35-21-20-34-12-7-8-17-43(34)46(35)45;1-3-13-32(14-4-1)45-48-46(33-15-5-2-6-16-33)50-47(49-45)43-29-28-39(35-18-9-10-19-37(35)43)36-20-11-21-41-40(36)26-24-31-23-25-38-34-17-8-7-12-30(34)22-27-42(38)44(31)41/h1-31H;1-29H. The predicted molar refractivity (Wildman–Crippen MR) is 426 cm³/mol. The first-order valence-electron chi connectivity index (χ1n) is 34.6. The van der Waals surface area contributed by atoms with Crippen molar-refractivity contribution in [3.8, 4) is 102 Å². The molecule has 0 saturated heterocycles. The molecule has 6 nitrogen and oxygen atoms in total. The molecule has 0 fully saturated rings. The van der Waals surface area contributed by atoms with Crippen molar-refractivity contribution in [1.82, 2.24) is 29.9 Å². The number of hydrogen-bond acceptors (Lipinski definition) is 6. The Bertz CT molecular complexity index is 6600. The molecule has 474 valence electrons. The molecule has 0 aliphatic carbocycles. The van der Waals surface area contributed by atoms with E-state index in [1.54, 1.807) is 0 Å². The maximum atomic E-state index is 5.06. The van der Waals surface area contributed by atoms with E-state index in [1.807, 2.05) is 97.1 Å². The van der Waals surface area contributed by atoms with Crippen LogP contribution in [-0.2, 0) is 0 Å². The molecule has 0 spiro atoms. The van der Waals surface area contributed by atoms with Crippen LogP contribution in [0, 0.1) is 0 Å². The van der Waals surface area contributed by atoms with E-state index in [9.17, 15) is 0 Å². The van der Waals surface area contributed by atoms with Gasteiger partial charge in [-0.25, -0.2) is 29.9 Å². The van der Waals surface area contributed by atoms with Gasteiger partial charge in [0.15, 0.2) is 34.9 Å². The summed E-state index contributed by atoms with van der Waals surface area (Å²) in [5.74, 6) is 3.91. The monoisotopic (exact) mass is 1300 g/mol. The van der Waals surface area contributed by atoms with Crippen LogP contribution >= 0.6 is 0 Å². The van der Waals surface area contributed by atoms with Crippen LogP contribution in [0.5, 0.6) is 0 Å². The summed E-state index contributed by atoms with van der Waals surface area (Å²) in [5, 5.41) is 22.6. The Kier molecular flexibility index (Phi) is 14.8. The van der Waals surface area contributed by atoms with Crippen LogP contribution < -0.4 is 0 Å². The normalized spacial score (nSPS) is 11.5. The lowest BCUT2D eigenvalue weighted by Crippen LogP contribution is -2.00. The molecule has 18 aromatic carbocycles. The minimum Gasteiger partial charge on any atom is -0.208 e. The number of nitrogens with zero attached hydrogens (tertiary/aromatic N) is 6. The van der Waals surface area contributed by atoms with Gasteiger partial charge in [-0.05, 0) is 149 Å². The molecule has 0 radical (unpaired) electrons. The molecular formula is C96H60N6. The van der Waals surface area contributed by atoms with Crippen molar-refractivity contribution < 1.29 is 0 Å². The summed E-state index contributed by atoms with van der Waals surface area (Å²) in [6.07, 6.45) is 0. The van der Waals surface area contributed by atoms with Gasteiger partial charge >= 0.3 is 0 Å². The van der Waals surface area contributed by atoms with Crippen LogP contribution in [0.4, 0.5) is 0 Å². The van der Waals surface area contributed by atoms with Crippen molar-refractivity contribution in [2.45, 2.75) is 0 Å². The Morgan fingerprint density at radius 3 is 1.04 bits per heavy atom. The fourth-order valence-corrected chi connectivity index (χ4v) is 15.0. The van der Waals surface area contributed by atoms with Gasteiger partial charge in [-0.15, -0.1) is 0 Å². The highest BCUT2D eigenvalue weighted by Gasteiger charge is 2.20. The van der Waals surface area contributed by atoms with Crippen LogP contribution in [0.1, 0.15) is 0 Å². The first kappa shape index (κ1) is 59.6. The highest BCUT2D eigenvalue weighted by molar-refractivity contribution is 6.27. The molecule has 0 amide bonds. The lowest BCUT2D eigenvalue weighted by molar-refractivity contribution is 1.07. The molecule has 6 heteroatoms. The molecule has 2 aromatic heterocycles. The lowest BCUT2D eigenvalue weighted by Gasteiger charge is -2.16. The predicted octanol–water partition coefficient (Wildman–Crippen LogP) is 25.1. The molecular weight excluding hydrogens is 1240 g/mol. The molecule has 102 heavy (non-hydrogen) atoms. The summed E-state index contributed by atoms with van der Waals surface area (Å²) in [5.41, 5.74) is 12.7. The van der Waals surface area contributed by atoms with E-state index in [2.05, 4.69) is 267 Å². The van der Waals surface area contributed by atoms with Gasteiger partial charge in [0.05, 0.1) is 0 Å². The largest absolute Gasteiger partial charge is 0.208 e. The summed E-state index contributed by atoms with van der Waals surface area (Å²) in [4.78, 5) is 30.0. The molecule has 0 aliphatic heterocycles. The fourth-order valence-electron chi connectivity index (χ4n) is 15.0. The molecule has 2 heterocycles. The van der Waals surface area contributed by atoms with Gasteiger partial charge in [-0.2, -0.15) is 0 Å². The lowest BCUT2D eigenvalue weighted by atomic mass is 9.89. The van der Waals surface area contributed by atoms with E-state index < -0.39 is 0 Å². The maximum Gasteiger partial charge on any atom is 0.164 e. The Balaban J connectivity index is 0.000000141. The van der Waals surface area contributed by atoms with Gasteiger partial charge in [0, 0.05) is 33.4 Å². The minimum absolute atomic E-state index is 0.644. The molecule has 20 aromatic rings. The third-order valence-electron chi connectivity index (χ3n) is 20.0.